The molecule has 1 N–H and O–H groups in total. The lowest BCUT2D eigenvalue weighted by Gasteiger charge is -2.07. The fraction of sp³-hybridized carbons (Fsp3) is 0.214. The van der Waals surface area contributed by atoms with Gasteiger partial charge in [0.15, 0.2) is 0 Å². The predicted octanol–water partition coefficient (Wildman–Crippen LogP) is 2.23. The highest BCUT2D eigenvalue weighted by atomic mass is 16.1. The second-order valence-electron chi connectivity index (χ2n) is 4.77. The lowest BCUT2D eigenvalue weighted by atomic mass is 10.0. The minimum Gasteiger partial charge on any atom is -0.290 e. The maximum atomic E-state index is 12.1. The summed E-state index contributed by atoms with van der Waals surface area (Å²) in [4.78, 5) is 19.3. The van der Waals surface area contributed by atoms with E-state index in [4.69, 9.17) is 0 Å². The highest BCUT2D eigenvalue weighted by Crippen LogP contribution is 2.18. The van der Waals surface area contributed by atoms with Gasteiger partial charge < -0.3 is 0 Å². The topological polar surface area (TPSA) is 63.6 Å². The van der Waals surface area contributed by atoms with Crippen molar-refractivity contribution in [2.24, 2.45) is 0 Å². The third kappa shape index (κ3) is 2.03. The number of nitrogens with one attached hydrogen (secondary N) is 1. The number of nitrogens with zero attached hydrogens (tertiary/aromatic N) is 3. The lowest BCUT2D eigenvalue weighted by molar-refractivity contribution is 0.809. The Kier molecular flexibility index (Phi) is 2.67. The third-order valence-electron chi connectivity index (χ3n) is 3.10. The van der Waals surface area contributed by atoms with Gasteiger partial charge in [-0.3, -0.25) is 9.78 Å². The largest absolute Gasteiger partial charge is 0.290 e. The third-order valence-corrected chi connectivity index (χ3v) is 3.10. The molecule has 0 atom stereocenters. The summed E-state index contributed by atoms with van der Waals surface area (Å²) in [5.74, 6) is 0.814. The molecule has 2 heterocycles. The molecule has 0 saturated carbocycles. The summed E-state index contributed by atoms with van der Waals surface area (Å²) in [7, 11) is 0. The molecular formula is C14H14N4O. The van der Waals surface area contributed by atoms with Crippen molar-refractivity contribution in [3.63, 3.8) is 0 Å². The first-order valence-corrected chi connectivity index (χ1v) is 6.19. The van der Waals surface area contributed by atoms with E-state index >= 15 is 0 Å². The predicted molar refractivity (Wildman–Crippen MR) is 73.6 cm³/mol. The Morgan fingerprint density at radius 1 is 1.32 bits per heavy atom. The molecular weight excluding hydrogens is 240 g/mol. The summed E-state index contributed by atoms with van der Waals surface area (Å²) in [6.07, 6.45) is 3.39. The van der Waals surface area contributed by atoms with Crippen LogP contribution in [0, 0.1) is 0 Å². The van der Waals surface area contributed by atoms with Crippen LogP contribution in [0.5, 0.6) is 0 Å². The summed E-state index contributed by atoms with van der Waals surface area (Å²) in [5.41, 5.74) is 1.67. The SMILES string of the molecule is CC(C)c1ccc2nc(-n3cccn3)[nH]c(=O)c2c1. The molecule has 0 saturated heterocycles. The van der Waals surface area contributed by atoms with E-state index in [1.165, 1.54) is 4.68 Å². The quantitative estimate of drug-likeness (QED) is 0.762. The van der Waals surface area contributed by atoms with E-state index in [2.05, 4.69) is 28.9 Å². The minimum absolute atomic E-state index is 0.141. The fourth-order valence-corrected chi connectivity index (χ4v) is 2.01. The van der Waals surface area contributed by atoms with Crippen molar-refractivity contribution >= 4 is 10.9 Å². The van der Waals surface area contributed by atoms with E-state index < -0.39 is 0 Å². The molecule has 0 unspecified atom stereocenters. The first kappa shape index (κ1) is 11.6. The highest BCUT2D eigenvalue weighted by Gasteiger charge is 2.07. The Balaban J connectivity index is 2.23. The van der Waals surface area contributed by atoms with Gasteiger partial charge in [-0.05, 0) is 29.7 Å². The Morgan fingerprint density at radius 2 is 2.16 bits per heavy atom. The van der Waals surface area contributed by atoms with Gasteiger partial charge in [0.1, 0.15) is 0 Å². The van der Waals surface area contributed by atoms with Gasteiger partial charge in [0.25, 0.3) is 5.56 Å². The van der Waals surface area contributed by atoms with Crippen LogP contribution in [-0.2, 0) is 0 Å². The van der Waals surface area contributed by atoms with E-state index in [9.17, 15) is 4.79 Å². The molecule has 0 aliphatic carbocycles. The Hall–Kier alpha value is -2.43. The molecule has 0 radical (unpaired) electrons. The number of aromatic nitrogens is 4. The molecule has 0 aliphatic heterocycles. The second kappa shape index (κ2) is 4.35. The molecule has 2 aromatic heterocycles. The molecule has 0 fully saturated rings. The monoisotopic (exact) mass is 254 g/mol. The molecule has 5 heteroatoms. The van der Waals surface area contributed by atoms with Crippen LogP contribution in [0.3, 0.4) is 0 Å². The van der Waals surface area contributed by atoms with Crippen LogP contribution in [0.15, 0.2) is 41.5 Å². The molecule has 5 nitrogen and oxygen atoms in total. The van der Waals surface area contributed by atoms with Gasteiger partial charge in [-0.2, -0.15) is 5.10 Å². The maximum Gasteiger partial charge on any atom is 0.260 e. The first-order valence-electron chi connectivity index (χ1n) is 6.19. The molecule has 0 bridgehead atoms. The number of benzene rings is 1. The summed E-state index contributed by atoms with van der Waals surface area (Å²) < 4.78 is 1.54. The van der Waals surface area contributed by atoms with Gasteiger partial charge in [0.05, 0.1) is 10.9 Å². The van der Waals surface area contributed by atoms with Crippen molar-refractivity contribution in [3.8, 4) is 5.95 Å². The number of hydrogen-bond acceptors (Lipinski definition) is 3. The van der Waals surface area contributed by atoms with E-state index in [0.29, 0.717) is 22.8 Å². The van der Waals surface area contributed by atoms with Gasteiger partial charge in [0, 0.05) is 12.4 Å². The van der Waals surface area contributed by atoms with Crippen LogP contribution in [0.2, 0.25) is 0 Å². The molecule has 0 spiro atoms. The summed E-state index contributed by atoms with van der Waals surface area (Å²) in [6.45, 7) is 4.20. The number of fused-ring (bicyclic) bond motifs is 1. The van der Waals surface area contributed by atoms with Gasteiger partial charge in [-0.25, -0.2) is 9.67 Å². The Bertz CT molecular complexity index is 772. The standard InChI is InChI=1S/C14H14N4O/c1-9(2)10-4-5-12-11(8-10)13(19)17-14(16-12)18-7-3-6-15-18/h3-9H,1-2H3,(H,16,17,19). The number of hydrogen-bond donors (Lipinski definition) is 1. The molecule has 1 aromatic carbocycles. The summed E-state index contributed by atoms with van der Waals surface area (Å²) >= 11 is 0. The second-order valence-corrected chi connectivity index (χ2v) is 4.77. The smallest absolute Gasteiger partial charge is 0.260 e. The average Bonchev–Trinajstić information content (AvgIpc) is 2.92. The van der Waals surface area contributed by atoms with Crippen LogP contribution in [0.4, 0.5) is 0 Å². The zero-order valence-electron chi connectivity index (χ0n) is 10.8. The van der Waals surface area contributed by atoms with Crippen LogP contribution < -0.4 is 5.56 Å². The van der Waals surface area contributed by atoms with Crippen molar-refractivity contribution in [1.82, 2.24) is 19.7 Å². The molecule has 3 rings (SSSR count). The highest BCUT2D eigenvalue weighted by molar-refractivity contribution is 5.78. The normalized spacial score (nSPS) is 11.3. The van der Waals surface area contributed by atoms with E-state index in [1.54, 1.807) is 18.5 Å². The van der Waals surface area contributed by atoms with Crippen molar-refractivity contribution in [3.05, 3.63) is 52.6 Å². The van der Waals surface area contributed by atoms with Crippen LogP contribution >= 0.6 is 0 Å². The minimum atomic E-state index is -0.141. The van der Waals surface area contributed by atoms with Crippen molar-refractivity contribution in [1.29, 1.82) is 0 Å². The first-order chi connectivity index (χ1) is 9.15. The Labute approximate surface area is 109 Å². The number of rotatable bonds is 2. The van der Waals surface area contributed by atoms with Crippen LogP contribution in [-0.4, -0.2) is 19.7 Å². The van der Waals surface area contributed by atoms with E-state index in [0.717, 1.165) is 5.56 Å². The lowest BCUT2D eigenvalue weighted by Crippen LogP contribution is -2.14. The molecule has 19 heavy (non-hydrogen) atoms. The van der Waals surface area contributed by atoms with E-state index in [-0.39, 0.29) is 5.56 Å². The average molecular weight is 254 g/mol. The van der Waals surface area contributed by atoms with Gasteiger partial charge >= 0.3 is 0 Å². The zero-order chi connectivity index (χ0) is 13.4. The van der Waals surface area contributed by atoms with Gasteiger partial charge in [0.2, 0.25) is 5.95 Å². The van der Waals surface area contributed by atoms with Gasteiger partial charge in [-0.15, -0.1) is 0 Å². The number of H-pyrrole nitrogens is 1. The fourth-order valence-electron chi connectivity index (χ4n) is 2.01. The van der Waals surface area contributed by atoms with Crippen LogP contribution in [0.25, 0.3) is 16.9 Å². The zero-order valence-corrected chi connectivity index (χ0v) is 10.8. The maximum absolute atomic E-state index is 12.1. The summed E-state index contributed by atoms with van der Waals surface area (Å²) in [5, 5.41) is 4.68. The summed E-state index contributed by atoms with van der Waals surface area (Å²) in [6, 6.07) is 7.57. The molecule has 3 aromatic rings. The van der Waals surface area contributed by atoms with Crippen LogP contribution in [0.1, 0.15) is 25.3 Å². The van der Waals surface area contributed by atoms with Gasteiger partial charge in [-0.1, -0.05) is 19.9 Å². The van der Waals surface area contributed by atoms with E-state index in [1.807, 2.05) is 18.2 Å². The molecule has 0 amide bonds. The Morgan fingerprint density at radius 3 is 2.84 bits per heavy atom. The van der Waals surface area contributed by atoms with Crippen molar-refractivity contribution < 1.29 is 0 Å². The van der Waals surface area contributed by atoms with Crippen molar-refractivity contribution in [2.75, 3.05) is 0 Å². The molecule has 0 aliphatic rings. The molecule has 96 valence electrons. The number of aromatic amines is 1. The van der Waals surface area contributed by atoms with Crippen molar-refractivity contribution in [2.45, 2.75) is 19.8 Å².